The molecule has 0 aromatic carbocycles. The van der Waals surface area contributed by atoms with Crippen LogP contribution in [0.3, 0.4) is 0 Å². The molecule has 0 aliphatic heterocycles. The van der Waals surface area contributed by atoms with E-state index < -0.39 is 0 Å². The van der Waals surface area contributed by atoms with Gasteiger partial charge in [-0.15, -0.1) is 5.10 Å². The van der Waals surface area contributed by atoms with Crippen molar-refractivity contribution < 1.29 is 0 Å². The van der Waals surface area contributed by atoms with E-state index in [1.165, 1.54) is 4.68 Å². The van der Waals surface area contributed by atoms with Crippen LogP contribution < -0.4 is 5.69 Å². The second-order valence-electron chi connectivity index (χ2n) is 2.62. The molecule has 2 heterocycles. The summed E-state index contributed by atoms with van der Waals surface area (Å²) in [6, 6.07) is 5.52. The van der Waals surface area contributed by atoms with Crippen molar-refractivity contribution in [3.05, 3.63) is 34.9 Å². The lowest BCUT2D eigenvalue weighted by molar-refractivity contribution is 0.645. The Hall–Kier alpha value is -0.850. The van der Waals surface area contributed by atoms with Crippen LogP contribution in [0.25, 0.3) is 5.65 Å². The summed E-state index contributed by atoms with van der Waals surface area (Å²) < 4.78 is 3.93. The van der Waals surface area contributed by atoms with E-state index in [0.29, 0.717) is 12.2 Å². The Morgan fingerprint density at radius 2 is 2.31 bits per heavy atom. The first-order chi connectivity index (χ1) is 6.33. The first-order valence-electron chi connectivity index (χ1n) is 3.93. The number of pyridine rings is 1. The van der Waals surface area contributed by atoms with Crippen LogP contribution in [0.1, 0.15) is 0 Å². The molecule has 0 N–H and O–H groups in total. The minimum atomic E-state index is -0.0627. The third kappa shape index (κ3) is 1.48. The molecular weight excluding hydrogens is 281 g/mol. The van der Waals surface area contributed by atoms with E-state index in [0.717, 1.165) is 4.43 Å². The van der Waals surface area contributed by atoms with Gasteiger partial charge in [0.05, 0.1) is 6.54 Å². The lowest BCUT2D eigenvalue weighted by Gasteiger charge is -1.90. The van der Waals surface area contributed by atoms with Crippen LogP contribution in [0, 0.1) is 0 Å². The molecule has 0 aliphatic carbocycles. The highest BCUT2D eigenvalue weighted by molar-refractivity contribution is 14.1. The molecule has 2 aromatic rings. The first-order valence-corrected chi connectivity index (χ1v) is 5.45. The van der Waals surface area contributed by atoms with Gasteiger partial charge in [-0.05, 0) is 12.1 Å². The fourth-order valence-electron chi connectivity index (χ4n) is 1.19. The van der Waals surface area contributed by atoms with Crippen molar-refractivity contribution in [3.8, 4) is 0 Å². The summed E-state index contributed by atoms with van der Waals surface area (Å²) in [5.41, 5.74) is 0.643. The molecular formula is C8H8IN3O. The van der Waals surface area contributed by atoms with Gasteiger partial charge in [0, 0.05) is 10.6 Å². The number of aromatic nitrogens is 3. The van der Waals surface area contributed by atoms with Crippen molar-refractivity contribution >= 4 is 28.2 Å². The SMILES string of the molecule is O=c1n(CCI)nc2ccccn12. The number of hydrogen-bond donors (Lipinski definition) is 0. The molecule has 0 aliphatic rings. The first kappa shape index (κ1) is 8.74. The summed E-state index contributed by atoms with van der Waals surface area (Å²) in [5.74, 6) is 0. The van der Waals surface area contributed by atoms with Crippen LogP contribution in [0.4, 0.5) is 0 Å². The van der Waals surface area contributed by atoms with Crippen molar-refractivity contribution in [2.75, 3.05) is 4.43 Å². The molecule has 0 atom stereocenters. The molecule has 0 saturated heterocycles. The van der Waals surface area contributed by atoms with Gasteiger partial charge in [0.25, 0.3) is 0 Å². The van der Waals surface area contributed by atoms with E-state index in [9.17, 15) is 4.79 Å². The van der Waals surface area contributed by atoms with Crippen molar-refractivity contribution in [1.29, 1.82) is 0 Å². The summed E-state index contributed by atoms with van der Waals surface area (Å²) in [4.78, 5) is 11.6. The number of fused-ring (bicyclic) bond motifs is 1. The second kappa shape index (κ2) is 3.49. The van der Waals surface area contributed by atoms with Gasteiger partial charge in [0.2, 0.25) is 0 Å². The van der Waals surface area contributed by atoms with Crippen LogP contribution in [-0.2, 0) is 6.54 Å². The topological polar surface area (TPSA) is 39.3 Å². The Labute approximate surface area is 88.3 Å². The van der Waals surface area contributed by atoms with Gasteiger partial charge in [-0.1, -0.05) is 28.7 Å². The maximum atomic E-state index is 11.6. The summed E-state index contributed by atoms with van der Waals surface area (Å²) >= 11 is 2.22. The van der Waals surface area contributed by atoms with Gasteiger partial charge in [-0.2, -0.15) is 0 Å². The molecule has 0 bridgehead atoms. The third-order valence-electron chi connectivity index (χ3n) is 1.78. The van der Waals surface area contributed by atoms with Gasteiger partial charge in [-0.3, -0.25) is 4.40 Å². The molecule has 0 spiro atoms. The van der Waals surface area contributed by atoms with E-state index in [1.807, 2.05) is 18.2 Å². The quantitative estimate of drug-likeness (QED) is 0.609. The molecule has 2 rings (SSSR count). The molecule has 5 heteroatoms. The third-order valence-corrected chi connectivity index (χ3v) is 2.27. The van der Waals surface area contributed by atoms with Crippen molar-refractivity contribution in [2.45, 2.75) is 6.54 Å². The molecule has 0 fully saturated rings. The Bertz CT molecular complexity index is 473. The molecule has 0 amide bonds. The van der Waals surface area contributed by atoms with E-state index in [1.54, 1.807) is 10.6 Å². The molecule has 2 aromatic heterocycles. The normalized spacial score (nSPS) is 10.8. The molecule has 13 heavy (non-hydrogen) atoms. The Balaban J connectivity index is 2.67. The minimum absolute atomic E-state index is 0.0627. The van der Waals surface area contributed by atoms with Crippen LogP contribution >= 0.6 is 22.6 Å². The molecule has 0 saturated carbocycles. The van der Waals surface area contributed by atoms with Crippen molar-refractivity contribution in [1.82, 2.24) is 14.2 Å². The Morgan fingerprint density at radius 1 is 1.46 bits per heavy atom. The number of nitrogens with zero attached hydrogens (tertiary/aromatic N) is 3. The zero-order chi connectivity index (χ0) is 9.26. The summed E-state index contributed by atoms with van der Waals surface area (Å²) in [6.45, 7) is 0.668. The minimum Gasteiger partial charge on any atom is -0.250 e. The Kier molecular flexibility index (Phi) is 2.34. The smallest absolute Gasteiger partial charge is 0.250 e. The van der Waals surface area contributed by atoms with E-state index >= 15 is 0 Å². The number of halogens is 1. The summed E-state index contributed by atoms with van der Waals surface area (Å²) in [5, 5.41) is 4.16. The molecule has 0 unspecified atom stereocenters. The van der Waals surface area contributed by atoms with E-state index in [-0.39, 0.29) is 5.69 Å². The van der Waals surface area contributed by atoms with E-state index in [2.05, 4.69) is 27.7 Å². The summed E-state index contributed by atoms with van der Waals surface area (Å²) in [6.07, 6.45) is 1.73. The Morgan fingerprint density at radius 3 is 3.00 bits per heavy atom. The second-order valence-corrected chi connectivity index (χ2v) is 3.70. The fourth-order valence-corrected chi connectivity index (χ4v) is 1.65. The predicted octanol–water partition coefficient (Wildman–Crippen LogP) is 0.931. The number of aryl methyl sites for hydroxylation is 1. The standard InChI is InChI=1S/C8H8IN3O/c9-4-6-12-8(13)11-5-2-1-3-7(11)10-12/h1-3,5H,4,6H2. The van der Waals surface area contributed by atoms with Gasteiger partial charge in [0.15, 0.2) is 5.65 Å². The van der Waals surface area contributed by atoms with E-state index in [4.69, 9.17) is 0 Å². The number of alkyl halides is 1. The zero-order valence-electron chi connectivity index (χ0n) is 6.85. The molecule has 4 nitrogen and oxygen atoms in total. The average molecular weight is 289 g/mol. The molecule has 68 valence electrons. The highest BCUT2D eigenvalue weighted by Crippen LogP contribution is 1.95. The van der Waals surface area contributed by atoms with Crippen LogP contribution in [0.2, 0.25) is 0 Å². The molecule has 0 radical (unpaired) electrons. The zero-order valence-corrected chi connectivity index (χ0v) is 9.01. The lowest BCUT2D eigenvalue weighted by atomic mass is 10.5. The highest BCUT2D eigenvalue weighted by Gasteiger charge is 2.03. The number of rotatable bonds is 2. The largest absolute Gasteiger partial charge is 0.350 e. The van der Waals surface area contributed by atoms with Gasteiger partial charge >= 0.3 is 5.69 Å². The van der Waals surface area contributed by atoms with Crippen molar-refractivity contribution in [2.24, 2.45) is 0 Å². The van der Waals surface area contributed by atoms with Crippen molar-refractivity contribution in [3.63, 3.8) is 0 Å². The van der Waals surface area contributed by atoms with Gasteiger partial charge in [-0.25, -0.2) is 9.48 Å². The summed E-state index contributed by atoms with van der Waals surface area (Å²) in [7, 11) is 0. The van der Waals surface area contributed by atoms with Crippen LogP contribution in [0.5, 0.6) is 0 Å². The number of hydrogen-bond acceptors (Lipinski definition) is 2. The van der Waals surface area contributed by atoms with Gasteiger partial charge < -0.3 is 0 Å². The maximum Gasteiger partial charge on any atom is 0.350 e. The van der Waals surface area contributed by atoms with Gasteiger partial charge in [0.1, 0.15) is 0 Å². The van der Waals surface area contributed by atoms with Crippen LogP contribution in [0.15, 0.2) is 29.2 Å². The van der Waals surface area contributed by atoms with Crippen LogP contribution in [-0.4, -0.2) is 18.6 Å². The fraction of sp³-hybridized carbons (Fsp3) is 0.250. The lowest BCUT2D eigenvalue weighted by Crippen LogP contribution is -2.21. The average Bonchev–Trinajstić information content (AvgIpc) is 2.46. The monoisotopic (exact) mass is 289 g/mol. The predicted molar refractivity (Wildman–Crippen MR) is 58.3 cm³/mol. The maximum absolute atomic E-state index is 11.6. The highest BCUT2D eigenvalue weighted by atomic mass is 127.